The summed E-state index contributed by atoms with van der Waals surface area (Å²) in [7, 11) is 0. The maximum absolute atomic E-state index is 10.3. The molecule has 60 valence electrons. The number of halogens is 1. The molecule has 0 bridgehead atoms. The lowest BCUT2D eigenvalue weighted by Crippen LogP contribution is -2.16. The van der Waals surface area contributed by atoms with Gasteiger partial charge < -0.3 is 5.73 Å². The molecule has 0 rings (SSSR count). The molecule has 3 heteroatoms. The number of unbranched alkanes of at least 4 members (excludes halogenated alkanes) is 1. The molecular formula is C7H14ClNO. The number of amides is 1. The number of carbonyl (C=O) groups is 1. The molecule has 1 atom stereocenters. The predicted octanol–water partition coefficient (Wildman–Crippen LogP) is 1.66. The molecule has 2 N–H and O–H groups in total. The van der Waals surface area contributed by atoms with Crippen LogP contribution in [0.25, 0.3) is 0 Å². The van der Waals surface area contributed by atoms with E-state index in [2.05, 4.69) is 6.92 Å². The van der Waals surface area contributed by atoms with Crippen LogP contribution >= 0.6 is 11.6 Å². The van der Waals surface area contributed by atoms with E-state index in [1.807, 2.05) is 0 Å². The van der Waals surface area contributed by atoms with Gasteiger partial charge in [0.15, 0.2) is 0 Å². The zero-order valence-corrected chi connectivity index (χ0v) is 7.03. The van der Waals surface area contributed by atoms with E-state index in [0.29, 0.717) is 6.42 Å². The van der Waals surface area contributed by atoms with Gasteiger partial charge in [-0.25, -0.2) is 0 Å². The van der Waals surface area contributed by atoms with Crippen molar-refractivity contribution in [2.75, 3.05) is 0 Å². The highest BCUT2D eigenvalue weighted by Gasteiger charge is 2.06. The second-order valence-corrected chi connectivity index (χ2v) is 3.03. The normalized spacial score (nSPS) is 13.0. The van der Waals surface area contributed by atoms with Crippen molar-refractivity contribution in [2.24, 2.45) is 5.73 Å². The molecule has 1 unspecified atom stereocenters. The van der Waals surface area contributed by atoms with E-state index in [0.717, 1.165) is 19.3 Å². The van der Waals surface area contributed by atoms with Crippen LogP contribution in [0.4, 0.5) is 0 Å². The highest BCUT2D eigenvalue weighted by atomic mass is 35.5. The third-order valence-electron chi connectivity index (χ3n) is 1.29. The molecule has 0 aromatic carbocycles. The minimum absolute atomic E-state index is 0.0579. The molecule has 1 amide bonds. The lowest BCUT2D eigenvalue weighted by molar-refractivity contribution is -0.118. The number of hydrogen-bond donors (Lipinski definition) is 1. The summed E-state index contributed by atoms with van der Waals surface area (Å²) in [5.41, 5.74) is 4.94. The molecule has 0 spiro atoms. The summed E-state index contributed by atoms with van der Waals surface area (Å²) in [5.74, 6) is -0.309. The van der Waals surface area contributed by atoms with Crippen LogP contribution in [-0.2, 0) is 4.79 Å². The highest BCUT2D eigenvalue weighted by Crippen LogP contribution is 2.10. The standard InChI is InChI=1S/C7H14ClNO/c1-2-3-4-6(8)5-7(9)10/h6H,2-5H2,1H3,(H2,9,10). The average molecular weight is 164 g/mol. The van der Waals surface area contributed by atoms with Crippen LogP contribution in [0.15, 0.2) is 0 Å². The van der Waals surface area contributed by atoms with Crippen molar-refractivity contribution in [3.05, 3.63) is 0 Å². The van der Waals surface area contributed by atoms with Crippen LogP contribution in [0.5, 0.6) is 0 Å². The predicted molar refractivity (Wildman–Crippen MR) is 43.0 cm³/mol. The van der Waals surface area contributed by atoms with Crippen LogP contribution in [0, 0.1) is 0 Å². The molecule has 0 aromatic rings. The van der Waals surface area contributed by atoms with E-state index in [9.17, 15) is 4.79 Å². The lowest BCUT2D eigenvalue weighted by atomic mass is 10.1. The van der Waals surface area contributed by atoms with Gasteiger partial charge in [-0.1, -0.05) is 19.8 Å². The Bertz CT molecular complexity index is 106. The zero-order valence-electron chi connectivity index (χ0n) is 6.27. The molecule has 0 aromatic heterocycles. The lowest BCUT2D eigenvalue weighted by Gasteiger charge is -2.03. The van der Waals surface area contributed by atoms with Crippen LogP contribution in [0.2, 0.25) is 0 Å². The Kier molecular flexibility index (Phi) is 5.40. The fourth-order valence-corrected chi connectivity index (χ4v) is 1.05. The van der Waals surface area contributed by atoms with Crippen LogP contribution in [0.1, 0.15) is 32.6 Å². The Morgan fingerprint density at radius 2 is 2.30 bits per heavy atom. The average Bonchev–Trinajstić information content (AvgIpc) is 1.82. The van der Waals surface area contributed by atoms with Gasteiger partial charge in [0.1, 0.15) is 0 Å². The van der Waals surface area contributed by atoms with Gasteiger partial charge in [-0.15, -0.1) is 11.6 Å². The maximum Gasteiger partial charge on any atom is 0.218 e. The van der Waals surface area contributed by atoms with E-state index >= 15 is 0 Å². The third kappa shape index (κ3) is 5.89. The molecule has 0 saturated carbocycles. The molecular weight excluding hydrogens is 150 g/mol. The van der Waals surface area contributed by atoms with Gasteiger partial charge in [-0.05, 0) is 6.42 Å². The smallest absolute Gasteiger partial charge is 0.218 e. The fraction of sp³-hybridized carbons (Fsp3) is 0.857. The van der Waals surface area contributed by atoms with E-state index in [4.69, 9.17) is 17.3 Å². The number of nitrogens with two attached hydrogens (primary N) is 1. The van der Waals surface area contributed by atoms with E-state index in [1.54, 1.807) is 0 Å². The van der Waals surface area contributed by atoms with Gasteiger partial charge in [0.05, 0.1) is 0 Å². The van der Waals surface area contributed by atoms with Gasteiger partial charge in [0.2, 0.25) is 5.91 Å². The summed E-state index contributed by atoms with van der Waals surface area (Å²) in [6.07, 6.45) is 3.38. The summed E-state index contributed by atoms with van der Waals surface area (Å²) in [6, 6.07) is 0. The second kappa shape index (κ2) is 5.54. The van der Waals surface area contributed by atoms with Crippen molar-refractivity contribution in [2.45, 2.75) is 38.0 Å². The molecule has 2 nitrogen and oxygen atoms in total. The van der Waals surface area contributed by atoms with Crippen LogP contribution in [0.3, 0.4) is 0 Å². The molecule has 0 aliphatic heterocycles. The Morgan fingerprint density at radius 1 is 1.70 bits per heavy atom. The number of hydrogen-bond acceptors (Lipinski definition) is 1. The van der Waals surface area contributed by atoms with Gasteiger partial charge in [0.25, 0.3) is 0 Å². The molecule has 0 fully saturated rings. The van der Waals surface area contributed by atoms with Crippen molar-refractivity contribution in [1.29, 1.82) is 0 Å². The zero-order chi connectivity index (χ0) is 7.98. The van der Waals surface area contributed by atoms with Crippen LogP contribution in [-0.4, -0.2) is 11.3 Å². The van der Waals surface area contributed by atoms with E-state index in [-0.39, 0.29) is 11.3 Å². The Labute approximate surface area is 66.7 Å². The fourth-order valence-electron chi connectivity index (χ4n) is 0.746. The summed E-state index contributed by atoms with van der Waals surface area (Å²) in [4.78, 5) is 10.3. The Morgan fingerprint density at radius 3 is 2.70 bits per heavy atom. The van der Waals surface area contributed by atoms with Crippen molar-refractivity contribution in [3.63, 3.8) is 0 Å². The van der Waals surface area contributed by atoms with Crippen molar-refractivity contribution >= 4 is 17.5 Å². The SMILES string of the molecule is CCCCC(Cl)CC(N)=O. The number of alkyl halides is 1. The highest BCUT2D eigenvalue weighted by molar-refractivity contribution is 6.21. The minimum atomic E-state index is -0.309. The maximum atomic E-state index is 10.3. The molecule has 0 radical (unpaired) electrons. The van der Waals surface area contributed by atoms with E-state index < -0.39 is 0 Å². The third-order valence-corrected chi connectivity index (χ3v) is 1.67. The number of primary amides is 1. The molecule has 0 aliphatic rings. The monoisotopic (exact) mass is 163 g/mol. The first-order chi connectivity index (χ1) is 4.66. The van der Waals surface area contributed by atoms with Gasteiger partial charge >= 0.3 is 0 Å². The first-order valence-electron chi connectivity index (χ1n) is 3.59. The minimum Gasteiger partial charge on any atom is -0.370 e. The van der Waals surface area contributed by atoms with Crippen LogP contribution < -0.4 is 5.73 Å². The largest absolute Gasteiger partial charge is 0.370 e. The first-order valence-corrected chi connectivity index (χ1v) is 4.02. The summed E-state index contributed by atoms with van der Waals surface area (Å²) >= 11 is 5.75. The quantitative estimate of drug-likeness (QED) is 0.616. The topological polar surface area (TPSA) is 43.1 Å². The first kappa shape index (κ1) is 9.76. The van der Waals surface area contributed by atoms with Gasteiger partial charge in [-0.2, -0.15) is 0 Å². The molecule has 0 heterocycles. The summed E-state index contributed by atoms with van der Waals surface area (Å²) in [6.45, 7) is 2.09. The van der Waals surface area contributed by atoms with Gasteiger partial charge in [-0.3, -0.25) is 4.79 Å². The summed E-state index contributed by atoms with van der Waals surface area (Å²) < 4.78 is 0. The number of carbonyl (C=O) groups excluding carboxylic acids is 1. The number of rotatable bonds is 5. The summed E-state index contributed by atoms with van der Waals surface area (Å²) in [5, 5.41) is -0.0579. The van der Waals surface area contributed by atoms with E-state index in [1.165, 1.54) is 0 Å². The molecule has 10 heavy (non-hydrogen) atoms. The van der Waals surface area contributed by atoms with Crippen molar-refractivity contribution in [3.8, 4) is 0 Å². The van der Waals surface area contributed by atoms with Gasteiger partial charge in [0, 0.05) is 11.8 Å². The Balaban J connectivity index is 3.25. The van der Waals surface area contributed by atoms with Crippen molar-refractivity contribution in [1.82, 2.24) is 0 Å². The second-order valence-electron chi connectivity index (χ2n) is 2.41. The Hall–Kier alpha value is -0.240. The van der Waals surface area contributed by atoms with Crippen molar-refractivity contribution < 1.29 is 4.79 Å². The molecule has 0 aliphatic carbocycles. The molecule has 0 saturated heterocycles.